The van der Waals surface area contributed by atoms with Gasteiger partial charge >= 0.3 is 0 Å². The topological polar surface area (TPSA) is 87.7 Å². The lowest BCUT2D eigenvalue weighted by molar-refractivity contribution is -0.137. The van der Waals surface area contributed by atoms with Crippen LogP contribution in [0.15, 0.2) is 30.3 Å². The molecule has 0 saturated carbocycles. The number of carbonyl (C=O) groups excluding carboxylic acids is 2. The molecule has 1 atom stereocenters. The van der Waals surface area contributed by atoms with E-state index in [2.05, 4.69) is 5.32 Å². The number of ether oxygens (including phenoxy) is 1. The normalized spacial score (nSPS) is 18.3. The summed E-state index contributed by atoms with van der Waals surface area (Å²) in [5.41, 5.74) is 1.93. The van der Waals surface area contributed by atoms with Crippen molar-refractivity contribution in [2.75, 3.05) is 32.1 Å². The second-order valence-corrected chi connectivity index (χ2v) is 8.00. The number of hydrogen-bond donors (Lipinski definition) is 1. The Morgan fingerprint density at radius 3 is 2.71 bits per heavy atom. The minimum absolute atomic E-state index is 0.0115. The van der Waals surface area contributed by atoms with E-state index in [1.807, 2.05) is 42.3 Å². The Bertz CT molecular complexity index is 950. The van der Waals surface area contributed by atoms with Crippen LogP contribution in [0.4, 0.5) is 5.82 Å². The third-order valence-corrected chi connectivity index (χ3v) is 5.99. The van der Waals surface area contributed by atoms with E-state index < -0.39 is 0 Å². The number of hydrogen-bond acceptors (Lipinski definition) is 6. The molecule has 8 heteroatoms. The first-order chi connectivity index (χ1) is 15.1. The molecule has 2 amide bonds. The maximum absolute atomic E-state index is 13.0. The van der Waals surface area contributed by atoms with Crippen molar-refractivity contribution in [1.29, 1.82) is 0 Å². The summed E-state index contributed by atoms with van der Waals surface area (Å²) in [4.78, 5) is 38.2. The van der Waals surface area contributed by atoms with Crippen LogP contribution < -0.4 is 10.1 Å². The quantitative estimate of drug-likeness (QED) is 0.795. The fourth-order valence-electron chi connectivity index (χ4n) is 4.32. The summed E-state index contributed by atoms with van der Waals surface area (Å²) in [6, 6.07) is 9.17. The Hall–Kier alpha value is -3.16. The summed E-state index contributed by atoms with van der Waals surface area (Å²) in [7, 11) is 1.85. The van der Waals surface area contributed by atoms with Crippen molar-refractivity contribution in [2.24, 2.45) is 0 Å². The number of piperidine rings is 1. The number of benzene rings is 1. The van der Waals surface area contributed by atoms with E-state index in [1.54, 1.807) is 11.8 Å². The van der Waals surface area contributed by atoms with E-state index in [1.165, 1.54) is 0 Å². The molecule has 2 aliphatic heterocycles. The van der Waals surface area contributed by atoms with Gasteiger partial charge in [-0.05, 0) is 37.8 Å². The number of nitrogens with one attached hydrogen (secondary N) is 1. The van der Waals surface area contributed by atoms with E-state index in [0.29, 0.717) is 31.2 Å². The van der Waals surface area contributed by atoms with Gasteiger partial charge in [0.15, 0.2) is 12.4 Å². The number of amides is 2. The van der Waals surface area contributed by atoms with Gasteiger partial charge in [0.1, 0.15) is 11.6 Å². The van der Waals surface area contributed by atoms with Crippen LogP contribution in [-0.4, -0.2) is 58.3 Å². The molecule has 31 heavy (non-hydrogen) atoms. The standard InChI is InChI=1S/C23H29N5O3/c1-16(29)27-13-11-18-19(14-27)25-23(26-22(18)24-2)20-10-6-7-12-28(20)21(30)15-31-17-8-4-3-5-9-17/h3-5,8-9,20H,6-7,10-15H2,1-2H3,(H,24,25,26)/t20-/m1/s1. The van der Waals surface area contributed by atoms with Crippen molar-refractivity contribution < 1.29 is 14.3 Å². The molecule has 0 radical (unpaired) electrons. The van der Waals surface area contributed by atoms with Crippen molar-refractivity contribution in [1.82, 2.24) is 19.8 Å². The number of carbonyl (C=O) groups is 2. The monoisotopic (exact) mass is 423 g/mol. The average Bonchev–Trinajstić information content (AvgIpc) is 2.82. The summed E-state index contributed by atoms with van der Waals surface area (Å²) in [5, 5.41) is 3.19. The molecule has 0 aliphatic carbocycles. The first-order valence-electron chi connectivity index (χ1n) is 10.9. The molecule has 8 nitrogen and oxygen atoms in total. The minimum Gasteiger partial charge on any atom is -0.484 e. The van der Waals surface area contributed by atoms with Crippen LogP contribution in [0.25, 0.3) is 0 Å². The Labute approximate surface area is 182 Å². The lowest BCUT2D eigenvalue weighted by Gasteiger charge is -2.36. The number of aromatic nitrogens is 2. The van der Waals surface area contributed by atoms with Crippen LogP contribution in [0.1, 0.15) is 49.3 Å². The Kier molecular flexibility index (Phi) is 6.34. The van der Waals surface area contributed by atoms with Gasteiger partial charge in [0.2, 0.25) is 5.91 Å². The molecule has 1 fully saturated rings. The van der Waals surface area contributed by atoms with Gasteiger partial charge < -0.3 is 19.9 Å². The third kappa shape index (κ3) is 4.62. The van der Waals surface area contributed by atoms with Crippen LogP contribution in [0.3, 0.4) is 0 Å². The highest BCUT2D eigenvalue weighted by Gasteiger charge is 2.32. The van der Waals surface area contributed by atoms with Crippen molar-refractivity contribution in [3.8, 4) is 5.75 Å². The smallest absolute Gasteiger partial charge is 0.261 e. The summed E-state index contributed by atoms with van der Waals surface area (Å²) in [6.07, 6.45) is 3.51. The van der Waals surface area contributed by atoms with E-state index in [9.17, 15) is 9.59 Å². The largest absolute Gasteiger partial charge is 0.484 e. The van der Waals surface area contributed by atoms with Crippen molar-refractivity contribution in [2.45, 2.75) is 45.2 Å². The van der Waals surface area contributed by atoms with Crippen LogP contribution in [0, 0.1) is 0 Å². The zero-order valence-electron chi connectivity index (χ0n) is 18.1. The van der Waals surface area contributed by atoms with Crippen LogP contribution in [0.2, 0.25) is 0 Å². The SMILES string of the molecule is CNc1nc([C@H]2CCCCN2C(=O)COc2ccccc2)nc2c1CCN(C(C)=O)C2. The van der Waals surface area contributed by atoms with Gasteiger partial charge in [0.25, 0.3) is 5.91 Å². The molecule has 1 aromatic heterocycles. The number of fused-ring (bicyclic) bond motifs is 1. The highest BCUT2D eigenvalue weighted by molar-refractivity contribution is 5.78. The molecular formula is C23H29N5O3. The fourth-order valence-corrected chi connectivity index (χ4v) is 4.32. The fraction of sp³-hybridized carbons (Fsp3) is 0.478. The lowest BCUT2D eigenvalue weighted by atomic mass is 9.99. The van der Waals surface area contributed by atoms with E-state index in [-0.39, 0.29) is 24.5 Å². The summed E-state index contributed by atoms with van der Waals surface area (Å²) < 4.78 is 5.69. The molecule has 2 aliphatic rings. The van der Waals surface area contributed by atoms with Gasteiger partial charge in [-0.1, -0.05) is 18.2 Å². The van der Waals surface area contributed by atoms with Gasteiger partial charge in [-0.25, -0.2) is 9.97 Å². The molecule has 4 rings (SSSR count). The highest BCUT2D eigenvalue weighted by Crippen LogP contribution is 2.32. The summed E-state index contributed by atoms with van der Waals surface area (Å²) in [6.45, 7) is 3.39. The Morgan fingerprint density at radius 1 is 1.16 bits per heavy atom. The molecule has 1 aromatic carbocycles. The first-order valence-corrected chi connectivity index (χ1v) is 10.9. The number of rotatable bonds is 5. The summed E-state index contributed by atoms with van der Waals surface area (Å²) in [5.74, 6) is 2.09. The minimum atomic E-state index is -0.189. The molecule has 3 heterocycles. The highest BCUT2D eigenvalue weighted by atomic mass is 16.5. The molecule has 1 saturated heterocycles. The Balaban J connectivity index is 1.56. The molecule has 0 unspecified atom stereocenters. The predicted molar refractivity (Wildman–Crippen MR) is 117 cm³/mol. The molecule has 1 N–H and O–H groups in total. The van der Waals surface area contributed by atoms with E-state index in [0.717, 1.165) is 42.8 Å². The van der Waals surface area contributed by atoms with E-state index >= 15 is 0 Å². The van der Waals surface area contributed by atoms with Crippen molar-refractivity contribution in [3.05, 3.63) is 47.4 Å². The number of anilines is 1. The molecule has 0 spiro atoms. The lowest BCUT2D eigenvalue weighted by Crippen LogP contribution is -2.42. The van der Waals surface area contributed by atoms with Crippen molar-refractivity contribution >= 4 is 17.6 Å². The number of para-hydroxylation sites is 1. The van der Waals surface area contributed by atoms with Crippen LogP contribution >= 0.6 is 0 Å². The van der Waals surface area contributed by atoms with Gasteiger partial charge in [-0.15, -0.1) is 0 Å². The van der Waals surface area contributed by atoms with Gasteiger partial charge in [-0.2, -0.15) is 0 Å². The molecule has 0 bridgehead atoms. The maximum Gasteiger partial charge on any atom is 0.261 e. The summed E-state index contributed by atoms with van der Waals surface area (Å²) >= 11 is 0. The zero-order valence-corrected chi connectivity index (χ0v) is 18.1. The third-order valence-electron chi connectivity index (χ3n) is 5.99. The van der Waals surface area contributed by atoms with E-state index in [4.69, 9.17) is 14.7 Å². The average molecular weight is 424 g/mol. The molecule has 164 valence electrons. The second kappa shape index (κ2) is 9.32. The second-order valence-electron chi connectivity index (χ2n) is 8.00. The number of nitrogens with zero attached hydrogens (tertiary/aromatic N) is 4. The van der Waals surface area contributed by atoms with Gasteiger partial charge in [0, 0.05) is 32.6 Å². The predicted octanol–water partition coefficient (Wildman–Crippen LogP) is 2.56. The molecule has 2 aromatic rings. The van der Waals surface area contributed by atoms with Gasteiger partial charge in [0.05, 0.1) is 18.3 Å². The van der Waals surface area contributed by atoms with Crippen LogP contribution in [-0.2, 0) is 22.6 Å². The number of likely N-dealkylation sites (tertiary alicyclic amines) is 1. The molecular weight excluding hydrogens is 394 g/mol. The van der Waals surface area contributed by atoms with Crippen molar-refractivity contribution in [3.63, 3.8) is 0 Å². The Morgan fingerprint density at radius 2 is 1.97 bits per heavy atom. The maximum atomic E-state index is 13.0. The van der Waals surface area contributed by atoms with Gasteiger partial charge in [-0.3, -0.25) is 9.59 Å². The van der Waals surface area contributed by atoms with Crippen LogP contribution in [0.5, 0.6) is 5.75 Å². The zero-order chi connectivity index (χ0) is 21.8. The first kappa shape index (κ1) is 21.1.